The molecule has 6 nitrogen and oxygen atoms in total. The van der Waals surface area contributed by atoms with Crippen LogP contribution in [0.5, 0.6) is 0 Å². The maximum Gasteiger partial charge on any atom is 0.275 e. The highest BCUT2D eigenvalue weighted by atomic mass is 16.3. The van der Waals surface area contributed by atoms with Gasteiger partial charge in [0.1, 0.15) is 11.0 Å². The molecule has 1 saturated heterocycles. The summed E-state index contributed by atoms with van der Waals surface area (Å²) < 4.78 is 0. The average Bonchev–Trinajstić information content (AvgIpc) is 2.84. The monoisotopic (exact) mass is 220 g/mol. The Morgan fingerprint density at radius 1 is 1.44 bits per heavy atom. The molecule has 1 fully saturated rings. The summed E-state index contributed by atoms with van der Waals surface area (Å²) in [7, 11) is 0. The molecule has 0 unspecified atom stereocenters. The Labute approximate surface area is 90.7 Å². The van der Waals surface area contributed by atoms with Gasteiger partial charge in [0.2, 0.25) is 0 Å². The summed E-state index contributed by atoms with van der Waals surface area (Å²) >= 11 is 0. The molecular weight excluding hydrogens is 208 g/mol. The number of nitrogens with zero attached hydrogens (tertiary/aromatic N) is 1. The van der Waals surface area contributed by atoms with Crippen molar-refractivity contribution >= 4 is 11.0 Å². The largest absolute Gasteiger partial charge is 0.392 e. The summed E-state index contributed by atoms with van der Waals surface area (Å²) in [5.41, 5.74) is 1.93. The molecule has 84 valence electrons. The van der Waals surface area contributed by atoms with Gasteiger partial charge in [-0.25, -0.2) is 4.98 Å². The highest BCUT2D eigenvalue weighted by Crippen LogP contribution is 2.27. The predicted octanol–water partition coefficient (Wildman–Crippen LogP) is -0.353. The summed E-state index contributed by atoms with van der Waals surface area (Å²) in [6, 6.07) is 0.0676. The second-order valence-corrected chi connectivity index (χ2v) is 4.05. The van der Waals surface area contributed by atoms with Crippen molar-refractivity contribution in [2.24, 2.45) is 0 Å². The fourth-order valence-corrected chi connectivity index (χ4v) is 2.19. The van der Waals surface area contributed by atoms with E-state index < -0.39 is 0 Å². The number of aliphatic hydroxyl groups excluding tert-OH is 1. The lowest BCUT2D eigenvalue weighted by atomic mass is 10.1. The van der Waals surface area contributed by atoms with Crippen LogP contribution in [0.15, 0.2) is 17.3 Å². The highest BCUT2D eigenvalue weighted by molar-refractivity contribution is 5.78. The third-order valence-corrected chi connectivity index (χ3v) is 2.98. The first-order chi connectivity index (χ1) is 7.75. The van der Waals surface area contributed by atoms with Crippen molar-refractivity contribution in [2.75, 3.05) is 6.54 Å². The van der Waals surface area contributed by atoms with Gasteiger partial charge in [0.25, 0.3) is 5.56 Å². The molecule has 3 rings (SSSR count). The summed E-state index contributed by atoms with van der Waals surface area (Å²) in [5, 5.41) is 12.7. The Balaban J connectivity index is 2.11. The van der Waals surface area contributed by atoms with Crippen LogP contribution in [0.4, 0.5) is 0 Å². The van der Waals surface area contributed by atoms with Crippen molar-refractivity contribution in [3.8, 4) is 0 Å². The van der Waals surface area contributed by atoms with Crippen molar-refractivity contribution in [2.45, 2.75) is 18.6 Å². The van der Waals surface area contributed by atoms with E-state index in [4.69, 9.17) is 0 Å². The van der Waals surface area contributed by atoms with Gasteiger partial charge in [0.15, 0.2) is 0 Å². The number of hydrogen-bond acceptors (Lipinski definition) is 4. The Hall–Kier alpha value is -1.66. The maximum absolute atomic E-state index is 11.5. The molecular formula is C10H12N4O2. The molecule has 0 radical (unpaired) electrons. The second kappa shape index (κ2) is 3.43. The zero-order chi connectivity index (χ0) is 11.1. The number of β-amino-alcohol motifs (C(OH)–C–C–N with tert-alkyl or cyclic N) is 1. The summed E-state index contributed by atoms with van der Waals surface area (Å²) in [4.78, 5) is 21.1. The topological polar surface area (TPSA) is 93.8 Å². The third-order valence-electron chi connectivity index (χ3n) is 2.98. The van der Waals surface area contributed by atoms with E-state index >= 15 is 0 Å². The summed E-state index contributed by atoms with van der Waals surface area (Å²) in [6.45, 7) is 0.584. The summed E-state index contributed by atoms with van der Waals surface area (Å²) in [5.74, 6) is 0. The minimum Gasteiger partial charge on any atom is -0.392 e. The molecule has 0 spiro atoms. The van der Waals surface area contributed by atoms with E-state index in [0.717, 1.165) is 5.56 Å². The van der Waals surface area contributed by atoms with Gasteiger partial charge in [0, 0.05) is 24.3 Å². The second-order valence-electron chi connectivity index (χ2n) is 4.05. The lowest BCUT2D eigenvalue weighted by Gasteiger charge is -2.07. The van der Waals surface area contributed by atoms with Crippen molar-refractivity contribution in [1.29, 1.82) is 0 Å². The molecule has 6 heteroatoms. The normalized spacial score (nSPS) is 25.3. The number of fused-ring (bicyclic) bond motifs is 1. The Morgan fingerprint density at radius 3 is 3.06 bits per heavy atom. The molecule has 0 bridgehead atoms. The van der Waals surface area contributed by atoms with Crippen molar-refractivity contribution in [3.63, 3.8) is 0 Å². The van der Waals surface area contributed by atoms with Crippen LogP contribution < -0.4 is 10.9 Å². The minimum atomic E-state index is -0.322. The van der Waals surface area contributed by atoms with E-state index in [1.165, 1.54) is 6.33 Å². The number of H-pyrrole nitrogens is 2. The van der Waals surface area contributed by atoms with Gasteiger partial charge >= 0.3 is 0 Å². The van der Waals surface area contributed by atoms with Crippen LogP contribution in [-0.4, -0.2) is 32.7 Å². The molecule has 2 aromatic rings. The SMILES string of the molecule is O=c1[nH]cnc2c([C@H]3C[C@@H](O)CN3)c[nH]c12. The van der Waals surface area contributed by atoms with E-state index in [1.54, 1.807) is 6.20 Å². The molecule has 2 atom stereocenters. The van der Waals surface area contributed by atoms with E-state index in [2.05, 4.69) is 20.3 Å². The average molecular weight is 220 g/mol. The predicted molar refractivity (Wildman–Crippen MR) is 58.1 cm³/mol. The third kappa shape index (κ3) is 1.35. The van der Waals surface area contributed by atoms with Gasteiger partial charge in [-0.1, -0.05) is 0 Å². The van der Waals surface area contributed by atoms with E-state index in [0.29, 0.717) is 24.0 Å². The first-order valence-electron chi connectivity index (χ1n) is 5.22. The molecule has 4 N–H and O–H groups in total. The molecule has 0 saturated carbocycles. The van der Waals surface area contributed by atoms with Crippen LogP contribution in [0.1, 0.15) is 18.0 Å². The van der Waals surface area contributed by atoms with E-state index in [-0.39, 0.29) is 17.7 Å². The van der Waals surface area contributed by atoms with Gasteiger partial charge in [-0.3, -0.25) is 4.79 Å². The standard InChI is InChI=1S/C10H12N4O2/c15-5-1-7(11-2-5)6-3-12-9-8(6)13-4-14-10(9)16/h3-5,7,11-12,15H,1-2H2,(H,13,14,16)/t5-,7-/m1/s1. The molecule has 1 aliphatic heterocycles. The molecule has 16 heavy (non-hydrogen) atoms. The van der Waals surface area contributed by atoms with Crippen LogP contribution in [0, 0.1) is 0 Å². The Kier molecular flexibility index (Phi) is 2.05. The fourth-order valence-electron chi connectivity index (χ4n) is 2.19. The fraction of sp³-hybridized carbons (Fsp3) is 0.400. The molecule has 0 aromatic carbocycles. The van der Waals surface area contributed by atoms with Gasteiger partial charge in [-0.05, 0) is 6.42 Å². The lowest BCUT2D eigenvalue weighted by Crippen LogP contribution is -2.15. The number of hydrogen-bond donors (Lipinski definition) is 4. The van der Waals surface area contributed by atoms with Crippen molar-refractivity contribution < 1.29 is 5.11 Å². The van der Waals surface area contributed by atoms with Gasteiger partial charge in [-0.15, -0.1) is 0 Å². The van der Waals surface area contributed by atoms with Gasteiger partial charge in [0.05, 0.1) is 12.4 Å². The number of rotatable bonds is 1. The molecule has 1 aliphatic rings. The zero-order valence-corrected chi connectivity index (χ0v) is 8.53. The van der Waals surface area contributed by atoms with Gasteiger partial charge < -0.3 is 20.4 Å². The number of nitrogens with one attached hydrogen (secondary N) is 3. The van der Waals surface area contributed by atoms with Crippen LogP contribution in [0.3, 0.4) is 0 Å². The number of aliphatic hydroxyl groups is 1. The van der Waals surface area contributed by atoms with Crippen molar-refractivity contribution in [1.82, 2.24) is 20.3 Å². The Bertz CT molecular complexity index is 573. The van der Waals surface area contributed by atoms with Gasteiger partial charge in [-0.2, -0.15) is 0 Å². The quantitative estimate of drug-likeness (QED) is 0.528. The molecule has 0 amide bonds. The minimum absolute atomic E-state index is 0.0676. The van der Waals surface area contributed by atoms with Crippen LogP contribution in [-0.2, 0) is 0 Å². The van der Waals surface area contributed by atoms with Crippen molar-refractivity contribution in [3.05, 3.63) is 28.4 Å². The Morgan fingerprint density at radius 2 is 2.31 bits per heavy atom. The van der Waals surface area contributed by atoms with Crippen LogP contribution >= 0.6 is 0 Å². The highest BCUT2D eigenvalue weighted by Gasteiger charge is 2.26. The smallest absolute Gasteiger partial charge is 0.275 e. The first-order valence-corrected chi connectivity index (χ1v) is 5.22. The maximum atomic E-state index is 11.5. The molecule has 2 aromatic heterocycles. The number of aromatic nitrogens is 3. The zero-order valence-electron chi connectivity index (χ0n) is 8.53. The molecule has 0 aliphatic carbocycles. The van der Waals surface area contributed by atoms with Crippen LogP contribution in [0.25, 0.3) is 11.0 Å². The lowest BCUT2D eigenvalue weighted by molar-refractivity contribution is 0.193. The summed E-state index contributed by atoms with van der Waals surface area (Å²) in [6.07, 6.45) is 3.51. The van der Waals surface area contributed by atoms with E-state index in [9.17, 15) is 9.90 Å². The molecule has 3 heterocycles. The van der Waals surface area contributed by atoms with Crippen LogP contribution in [0.2, 0.25) is 0 Å². The number of aromatic amines is 2. The van der Waals surface area contributed by atoms with E-state index in [1.807, 2.05) is 0 Å². The first kappa shape index (κ1) is 9.56.